The summed E-state index contributed by atoms with van der Waals surface area (Å²) in [6, 6.07) is 0.502. The molecule has 0 spiro atoms. The molecule has 3 aliphatic heterocycles. The van der Waals surface area contributed by atoms with Crippen LogP contribution in [0.4, 0.5) is 0 Å². The zero-order valence-corrected chi connectivity index (χ0v) is 17.8. The molecule has 4 fully saturated rings. The highest BCUT2D eigenvalue weighted by Gasteiger charge is 2.41. The molecular formula is C20H38ClN5O. The van der Waals surface area contributed by atoms with Crippen molar-refractivity contribution in [1.82, 2.24) is 25.9 Å². The monoisotopic (exact) mass is 399 g/mol. The van der Waals surface area contributed by atoms with Gasteiger partial charge < -0.3 is 5.32 Å². The Morgan fingerprint density at radius 2 is 1.89 bits per heavy atom. The van der Waals surface area contributed by atoms with E-state index < -0.39 is 0 Å². The van der Waals surface area contributed by atoms with E-state index in [4.69, 9.17) is 16.4 Å². The van der Waals surface area contributed by atoms with Gasteiger partial charge in [-0.2, -0.15) is 5.48 Å². The average molecular weight is 400 g/mol. The lowest BCUT2D eigenvalue weighted by atomic mass is 9.88. The Bertz CT molecular complexity index is 465. The third-order valence-electron chi connectivity index (χ3n) is 7.22. The summed E-state index contributed by atoms with van der Waals surface area (Å²) < 4.78 is 0. The summed E-state index contributed by atoms with van der Waals surface area (Å²) >= 11 is 6.29. The van der Waals surface area contributed by atoms with E-state index >= 15 is 0 Å². The fourth-order valence-electron chi connectivity index (χ4n) is 5.46. The van der Waals surface area contributed by atoms with Crippen LogP contribution in [0.3, 0.4) is 0 Å². The molecule has 27 heavy (non-hydrogen) atoms. The third kappa shape index (κ3) is 4.97. The molecule has 5 atom stereocenters. The fourth-order valence-corrected chi connectivity index (χ4v) is 5.71. The second-order valence-corrected chi connectivity index (χ2v) is 9.97. The standard InChI is InChI=1S/C20H38ClN5O/c1-25(2)18-10-7-15(12-22-18)19-23-20(27-24-19)17-4-3-11-26(17)13-14-5-8-16(21)9-6-14/h14-20,22-24H,3-13H2,1-2H3. The second kappa shape index (κ2) is 9.24. The van der Waals surface area contributed by atoms with Crippen molar-refractivity contribution in [2.45, 2.75) is 81.3 Å². The molecule has 6 nitrogen and oxygen atoms in total. The Morgan fingerprint density at radius 1 is 1.07 bits per heavy atom. The van der Waals surface area contributed by atoms with Gasteiger partial charge in [-0.25, -0.2) is 0 Å². The lowest BCUT2D eigenvalue weighted by molar-refractivity contribution is -0.0272. The van der Waals surface area contributed by atoms with E-state index in [0.29, 0.717) is 23.5 Å². The van der Waals surface area contributed by atoms with Crippen LogP contribution in [0.15, 0.2) is 0 Å². The Labute approximate surface area is 169 Å². The number of hydrogen-bond acceptors (Lipinski definition) is 6. The van der Waals surface area contributed by atoms with Gasteiger partial charge in [-0.1, -0.05) is 0 Å². The normalized spacial score (nSPS) is 44.2. The van der Waals surface area contributed by atoms with Crippen LogP contribution >= 0.6 is 11.6 Å². The number of nitrogens with one attached hydrogen (secondary N) is 3. The van der Waals surface area contributed by atoms with Crippen molar-refractivity contribution in [2.75, 3.05) is 33.7 Å². The van der Waals surface area contributed by atoms with Gasteiger partial charge in [0.05, 0.1) is 18.4 Å². The lowest BCUT2D eigenvalue weighted by Crippen LogP contribution is -2.54. The molecule has 1 aliphatic carbocycles. The number of piperidine rings is 1. The largest absolute Gasteiger partial charge is 0.301 e. The number of halogens is 1. The van der Waals surface area contributed by atoms with Crippen molar-refractivity contribution < 1.29 is 4.84 Å². The van der Waals surface area contributed by atoms with Crippen LogP contribution in [-0.4, -0.2) is 73.5 Å². The molecule has 0 aromatic rings. The molecule has 3 saturated heterocycles. The summed E-state index contributed by atoms with van der Waals surface area (Å²) in [6.45, 7) is 3.47. The topological polar surface area (TPSA) is 51.8 Å². The summed E-state index contributed by atoms with van der Waals surface area (Å²) in [6.07, 6.45) is 10.8. The zero-order chi connectivity index (χ0) is 18.8. The SMILES string of the molecule is CN(C)C1CCC(C2NOC(C3CCCN3CC3CCC(Cl)CC3)N2)CN1. The summed E-state index contributed by atoms with van der Waals surface area (Å²) in [5, 5.41) is 7.85. The first kappa shape index (κ1) is 20.3. The van der Waals surface area contributed by atoms with Gasteiger partial charge in [0.1, 0.15) is 6.23 Å². The van der Waals surface area contributed by atoms with Gasteiger partial charge in [0.15, 0.2) is 0 Å². The number of likely N-dealkylation sites (tertiary alicyclic amines) is 1. The van der Waals surface area contributed by atoms with Gasteiger partial charge in [0, 0.05) is 24.4 Å². The first-order chi connectivity index (χ1) is 13.1. The van der Waals surface area contributed by atoms with Crippen LogP contribution in [0.1, 0.15) is 51.4 Å². The van der Waals surface area contributed by atoms with Crippen molar-refractivity contribution in [2.24, 2.45) is 11.8 Å². The molecule has 4 aliphatic rings. The van der Waals surface area contributed by atoms with Crippen LogP contribution in [0.5, 0.6) is 0 Å². The minimum Gasteiger partial charge on any atom is -0.301 e. The van der Waals surface area contributed by atoms with Gasteiger partial charge in [0.25, 0.3) is 0 Å². The second-order valence-electron chi connectivity index (χ2n) is 9.35. The maximum atomic E-state index is 6.29. The van der Waals surface area contributed by atoms with Crippen molar-refractivity contribution in [3.05, 3.63) is 0 Å². The highest BCUT2D eigenvalue weighted by Crippen LogP contribution is 2.32. The number of hydroxylamine groups is 1. The predicted octanol–water partition coefficient (Wildman–Crippen LogP) is 1.91. The number of rotatable bonds is 5. The molecule has 3 N–H and O–H groups in total. The van der Waals surface area contributed by atoms with E-state index in [9.17, 15) is 0 Å². The van der Waals surface area contributed by atoms with E-state index in [-0.39, 0.29) is 12.4 Å². The van der Waals surface area contributed by atoms with E-state index in [1.54, 1.807) is 0 Å². The minimum atomic E-state index is 0.119. The molecule has 156 valence electrons. The van der Waals surface area contributed by atoms with E-state index in [0.717, 1.165) is 12.5 Å². The number of hydrogen-bond donors (Lipinski definition) is 3. The number of nitrogens with zero attached hydrogens (tertiary/aromatic N) is 2. The maximum Gasteiger partial charge on any atom is 0.146 e. The molecule has 7 heteroatoms. The van der Waals surface area contributed by atoms with E-state index in [1.807, 2.05) is 0 Å². The molecule has 0 amide bonds. The molecule has 0 aromatic heterocycles. The van der Waals surface area contributed by atoms with Crippen LogP contribution in [0, 0.1) is 11.8 Å². The summed E-state index contributed by atoms with van der Waals surface area (Å²) in [7, 11) is 4.30. The van der Waals surface area contributed by atoms with Gasteiger partial charge >= 0.3 is 0 Å². The van der Waals surface area contributed by atoms with Crippen LogP contribution in [-0.2, 0) is 4.84 Å². The van der Waals surface area contributed by atoms with Gasteiger partial charge in [-0.15, -0.1) is 11.6 Å². The fraction of sp³-hybridized carbons (Fsp3) is 1.00. The predicted molar refractivity (Wildman–Crippen MR) is 109 cm³/mol. The first-order valence-electron chi connectivity index (χ1n) is 11.1. The van der Waals surface area contributed by atoms with Crippen molar-refractivity contribution in [3.8, 4) is 0 Å². The number of alkyl halides is 1. The first-order valence-corrected chi connectivity index (χ1v) is 11.5. The summed E-state index contributed by atoms with van der Waals surface area (Å²) in [4.78, 5) is 11.0. The van der Waals surface area contributed by atoms with Gasteiger partial charge in [-0.3, -0.25) is 20.0 Å². The molecule has 5 unspecified atom stereocenters. The molecule has 0 radical (unpaired) electrons. The Kier molecular flexibility index (Phi) is 6.96. The van der Waals surface area contributed by atoms with Crippen molar-refractivity contribution in [1.29, 1.82) is 0 Å². The van der Waals surface area contributed by atoms with Crippen LogP contribution in [0.2, 0.25) is 0 Å². The quantitative estimate of drug-likeness (QED) is 0.614. The highest BCUT2D eigenvalue weighted by molar-refractivity contribution is 6.20. The summed E-state index contributed by atoms with van der Waals surface area (Å²) in [5.74, 6) is 1.40. The molecule has 4 rings (SSSR count). The molecule has 3 heterocycles. The molecule has 1 saturated carbocycles. The van der Waals surface area contributed by atoms with E-state index in [2.05, 4.69) is 40.0 Å². The lowest BCUT2D eigenvalue weighted by Gasteiger charge is -2.36. The third-order valence-corrected chi connectivity index (χ3v) is 7.66. The minimum absolute atomic E-state index is 0.119. The Hall–Kier alpha value is 0.0500. The van der Waals surface area contributed by atoms with Gasteiger partial charge in [0.2, 0.25) is 0 Å². The van der Waals surface area contributed by atoms with Crippen molar-refractivity contribution in [3.63, 3.8) is 0 Å². The Morgan fingerprint density at radius 3 is 2.59 bits per heavy atom. The van der Waals surface area contributed by atoms with Gasteiger partial charge in [-0.05, 0) is 77.9 Å². The maximum absolute atomic E-state index is 6.29. The van der Waals surface area contributed by atoms with Crippen molar-refractivity contribution >= 4 is 11.6 Å². The molecular weight excluding hydrogens is 362 g/mol. The average Bonchev–Trinajstić information content (AvgIpc) is 3.33. The zero-order valence-electron chi connectivity index (χ0n) is 17.0. The summed E-state index contributed by atoms with van der Waals surface area (Å²) in [5.41, 5.74) is 3.32. The van der Waals surface area contributed by atoms with Crippen LogP contribution in [0.25, 0.3) is 0 Å². The highest BCUT2D eigenvalue weighted by atomic mass is 35.5. The smallest absolute Gasteiger partial charge is 0.146 e. The van der Waals surface area contributed by atoms with Crippen LogP contribution < -0.4 is 16.1 Å². The van der Waals surface area contributed by atoms with E-state index in [1.165, 1.54) is 64.5 Å². The molecule has 0 aromatic carbocycles. The Balaban J connectivity index is 1.25. The molecule has 0 bridgehead atoms.